The molecule has 0 bridgehead atoms. The molecule has 2 rings (SSSR count). The highest BCUT2D eigenvalue weighted by molar-refractivity contribution is 8.52. The van der Waals surface area contributed by atoms with Crippen molar-refractivity contribution in [1.82, 2.24) is 0 Å². The second kappa shape index (κ2) is 26.8. The summed E-state index contributed by atoms with van der Waals surface area (Å²) in [4.78, 5) is 6.00. The maximum atomic E-state index is 2.29. The van der Waals surface area contributed by atoms with Crippen molar-refractivity contribution in [1.29, 1.82) is 0 Å². The Balaban J connectivity index is 0.000000360. The molecule has 0 fully saturated rings. The van der Waals surface area contributed by atoms with Crippen LogP contribution in [0.25, 0.3) is 0 Å². The number of hydrogen-bond acceptors (Lipinski definition) is 4. The van der Waals surface area contributed by atoms with E-state index in [9.17, 15) is 0 Å². The third kappa shape index (κ3) is 18.8. The first-order valence-electron chi connectivity index (χ1n) is 13.5. The fraction of sp³-hybridized carbons (Fsp3) is 0.571. The summed E-state index contributed by atoms with van der Waals surface area (Å²) in [6.07, 6.45) is 16.3. The van der Waals surface area contributed by atoms with Crippen molar-refractivity contribution < 1.29 is 0 Å². The molecule has 0 saturated heterocycles. The van der Waals surface area contributed by atoms with Gasteiger partial charge < -0.3 is 0 Å². The van der Waals surface area contributed by atoms with Gasteiger partial charge in [-0.25, -0.2) is 0 Å². The minimum atomic E-state index is 1.02. The summed E-state index contributed by atoms with van der Waals surface area (Å²) >= 11 is 8.25. The lowest BCUT2D eigenvalue weighted by Crippen LogP contribution is -1.76. The van der Waals surface area contributed by atoms with Crippen molar-refractivity contribution in [3.05, 3.63) is 48.5 Å². The predicted molar refractivity (Wildman–Crippen MR) is 189 cm³/mol. The van der Waals surface area contributed by atoms with Crippen LogP contribution in [0.1, 0.15) is 79.1 Å². The van der Waals surface area contributed by atoms with Crippen molar-refractivity contribution in [2.45, 2.75) is 98.6 Å². The molecular weight excluding hydrogens is 588 g/mol. The molecule has 0 spiro atoms. The second-order valence-corrected chi connectivity index (χ2v) is 19.9. The summed E-state index contributed by atoms with van der Waals surface area (Å²) in [5, 5.41) is 0. The van der Waals surface area contributed by atoms with Crippen LogP contribution in [0.15, 0.2) is 68.1 Å². The average molecular weight is 637 g/mol. The third-order valence-corrected chi connectivity index (χ3v) is 17.1. The maximum absolute atomic E-state index is 2.29. The van der Waals surface area contributed by atoms with Gasteiger partial charge >= 0.3 is 0 Å². The first-order chi connectivity index (χ1) is 17.8. The van der Waals surface area contributed by atoms with Gasteiger partial charge in [-0.1, -0.05) is 109 Å². The Hall–Kier alpha value is 1.56. The topological polar surface area (TPSA) is 0 Å². The Morgan fingerprint density at radius 1 is 0.417 bits per heavy atom. The second-order valence-electron chi connectivity index (χ2n) is 8.29. The van der Waals surface area contributed by atoms with E-state index in [0.717, 1.165) is 31.1 Å². The monoisotopic (exact) mass is 636 g/mol. The van der Waals surface area contributed by atoms with Crippen LogP contribution in [-0.2, 0) is 0 Å². The molecule has 2 aromatic carbocycles. The van der Waals surface area contributed by atoms with E-state index >= 15 is 0 Å². The zero-order valence-electron chi connectivity index (χ0n) is 22.7. The third-order valence-electron chi connectivity index (χ3n) is 4.96. The van der Waals surface area contributed by atoms with Crippen molar-refractivity contribution >= 4 is 76.7 Å². The van der Waals surface area contributed by atoms with Crippen LogP contribution in [0.2, 0.25) is 0 Å². The molecule has 0 aromatic heterocycles. The molecule has 204 valence electrons. The van der Waals surface area contributed by atoms with Gasteiger partial charge in [-0.15, -0.1) is 45.5 Å². The van der Waals surface area contributed by atoms with Crippen LogP contribution in [0.3, 0.4) is 0 Å². The highest BCUT2D eigenvalue weighted by atomic mass is 32.7. The SMILES string of the molecule is CCCCPSc1ccccc1SPCCCC.CCCCPSc1ccccc1SPCCCC. The predicted octanol–water partition coefficient (Wildman–Crippen LogP) is 13.3. The Morgan fingerprint density at radius 3 is 0.833 bits per heavy atom. The quantitative estimate of drug-likeness (QED) is 0.105. The average Bonchev–Trinajstić information content (AvgIpc) is 2.91. The number of hydrogen-bond donors (Lipinski definition) is 0. The summed E-state index contributed by atoms with van der Waals surface area (Å²) in [5.41, 5.74) is 0. The van der Waals surface area contributed by atoms with Crippen LogP contribution in [0.4, 0.5) is 0 Å². The lowest BCUT2D eigenvalue weighted by Gasteiger charge is -2.08. The van der Waals surface area contributed by atoms with Crippen molar-refractivity contribution in [2.75, 3.05) is 24.6 Å². The Labute approximate surface area is 246 Å². The van der Waals surface area contributed by atoms with Gasteiger partial charge in [0, 0.05) is 19.6 Å². The Morgan fingerprint density at radius 2 is 0.639 bits per heavy atom. The molecule has 0 nitrogen and oxygen atoms in total. The molecule has 0 heterocycles. The summed E-state index contributed by atoms with van der Waals surface area (Å²) in [6.45, 7) is 9.09. The Bertz CT molecular complexity index is 638. The normalized spacial score (nSPS) is 12.1. The molecular formula is C28H48P4S4. The molecule has 2 aromatic rings. The molecule has 0 aliphatic rings. The van der Waals surface area contributed by atoms with Crippen LogP contribution in [-0.4, -0.2) is 24.6 Å². The van der Waals surface area contributed by atoms with E-state index in [1.54, 1.807) is 0 Å². The van der Waals surface area contributed by atoms with Gasteiger partial charge in [0.1, 0.15) is 0 Å². The summed E-state index contributed by atoms with van der Waals surface area (Å²) in [6, 6.07) is 17.8. The van der Waals surface area contributed by atoms with Crippen LogP contribution in [0, 0.1) is 0 Å². The summed E-state index contributed by atoms with van der Waals surface area (Å²) in [7, 11) is 4.10. The maximum Gasteiger partial charge on any atom is 0.0252 e. The first kappa shape index (κ1) is 35.6. The van der Waals surface area contributed by atoms with Crippen LogP contribution in [0.5, 0.6) is 0 Å². The molecule has 0 saturated carbocycles. The van der Waals surface area contributed by atoms with Gasteiger partial charge in [0.2, 0.25) is 0 Å². The van der Waals surface area contributed by atoms with Gasteiger partial charge in [0.05, 0.1) is 0 Å². The van der Waals surface area contributed by atoms with Gasteiger partial charge in [0.15, 0.2) is 0 Å². The van der Waals surface area contributed by atoms with Crippen LogP contribution >= 0.6 is 76.7 Å². The van der Waals surface area contributed by atoms with E-state index in [-0.39, 0.29) is 0 Å². The molecule has 36 heavy (non-hydrogen) atoms. The van der Waals surface area contributed by atoms with E-state index in [4.69, 9.17) is 0 Å². The smallest absolute Gasteiger partial charge is 0.0252 e. The van der Waals surface area contributed by atoms with E-state index in [1.807, 2.05) is 0 Å². The first-order valence-corrected chi connectivity index (χ1v) is 24.5. The zero-order chi connectivity index (χ0) is 26.1. The lowest BCUT2D eigenvalue weighted by atomic mass is 10.4. The number of benzene rings is 2. The summed E-state index contributed by atoms with van der Waals surface area (Å²) < 4.78 is 0. The standard InChI is InChI=1S/2C14H24P2S2/c2*1-3-5-11-15-17-13-9-7-8-10-14(13)18-16-12-6-4-2/h2*7-10,15-16H,3-6,11-12H2,1-2H3. The highest BCUT2D eigenvalue weighted by Gasteiger charge is 2.04. The van der Waals surface area contributed by atoms with E-state index in [1.165, 1.54) is 95.6 Å². The molecule has 0 amide bonds. The molecule has 4 atom stereocenters. The van der Waals surface area contributed by atoms with E-state index in [0.29, 0.717) is 0 Å². The molecule has 0 aliphatic carbocycles. The van der Waals surface area contributed by atoms with Crippen molar-refractivity contribution in [3.63, 3.8) is 0 Å². The molecule has 8 heteroatoms. The molecule has 0 radical (unpaired) electrons. The fourth-order valence-electron chi connectivity index (χ4n) is 2.75. The summed E-state index contributed by atoms with van der Waals surface area (Å²) in [5.74, 6) is 0. The van der Waals surface area contributed by atoms with Gasteiger partial charge in [-0.05, 0) is 74.6 Å². The van der Waals surface area contributed by atoms with E-state index in [2.05, 4.69) is 122 Å². The van der Waals surface area contributed by atoms with Gasteiger partial charge in [0.25, 0.3) is 0 Å². The van der Waals surface area contributed by atoms with Gasteiger partial charge in [-0.2, -0.15) is 0 Å². The molecule has 0 aliphatic heterocycles. The Kier molecular flexibility index (Phi) is 26.5. The highest BCUT2D eigenvalue weighted by Crippen LogP contribution is 2.48. The number of rotatable bonds is 20. The molecule has 4 unspecified atom stereocenters. The molecule has 0 N–H and O–H groups in total. The minimum Gasteiger partial charge on any atom is -0.101 e. The largest absolute Gasteiger partial charge is 0.101 e. The number of unbranched alkanes of at least 4 members (excludes halogenated alkanes) is 4. The van der Waals surface area contributed by atoms with Gasteiger partial charge in [-0.3, -0.25) is 0 Å². The fourth-order valence-corrected chi connectivity index (χ4v) is 15.4. The minimum absolute atomic E-state index is 1.02. The van der Waals surface area contributed by atoms with Crippen LogP contribution < -0.4 is 0 Å². The lowest BCUT2D eigenvalue weighted by molar-refractivity contribution is 0.896. The zero-order valence-corrected chi connectivity index (χ0v) is 30.0. The van der Waals surface area contributed by atoms with Crippen molar-refractivity contribution in [3.8, 4) is 0 Å². The van der Waals surface area contributed by atoms with Crippen molar-refractivity contribution in [2.24, 2.45) is 0 Å². The van der Waals surface area contributed by atoms with E-state index < -0.39 is 0 Å².